The number of amides is 1. The number of aromatic nitrogens is 1. The Hall–Kier alpha value is -3.01. The van der Waals surface area contributed by atoms with E-state index < -0.39 is 0 Å². The van der Waals surface area contributed by atoms with Crippen molar-refractivity contribution in [3.8, 4) is 22.7 Å². The summed E-state index contributed by atoms with van der Waals surface area (Å²) in [4.78, 5) is 15.1. The summed E-state index contributed by atoms with van der Waals surface area (Å²) in [6.45, 7) is 3.71. The van der Waals surface area contributed by atoms with Crippen LogP contribution in [0.5, 0.6) is 5.75 Å². The molecule has 1 amide bonds. The van der Waals surface area contributed by atoms with Gasteiger partial charge in [0.05, 0.1) is 24.1 Å². The number of para-hydroxylation sites is 2. The van der Waals surface area contributed by atoms with Crippen molar-refractivity contribution < 1.29 is 9.53 Å². The second-order valence-corrected chi connectivity index (χ2v) is 6.90. The summed E-state index contributed by atoms with van der Waals surface area (Å²) >= 11 is 0. The molecule has 4 nitrogen and oxygen atoms in total. The maximum atomic E-state index is 13.1. The van der Waals surface area contributed by atoms with Gasteiger partial charge in [-0.2, -0.15) is 0 Å². The van der Waals surface area contributed by atoms with E-state index in [0.29, 0.717) is 0 Å². The number of rotatable bonds is 4. The minimum absolute atomic E-state index is 0.121. The van der Waals surface area contributed by atoms with Crippen LogP contribution < -0.4 is 4.74 Å². The zero-order valence-electron chi connectivity index (χ0n) is 15.8. The molecule has 3 aromatic rings. The number of nitrogens with zero attached hydrogens (tertiary/aromatic N) is 2. The largest absolute Gasteiger partial charge is 0.495 e. The van der Waals surface area contributed by atoms with E-state index in [1.165, 1.54) is 0 Å². The Balaban J connectivity index is 1.91. The maximum Gasteiger partial charge on any atom is 0.255 e. The molecular formula is C23H24N2O2. The van der Waals surface area contributed by atoms with Gasteiger partial charge < -0.3 is 14.2 Å². The molecule has 138 valence electrons. The summed E-state index contributed by atoms with van der Waals surface area (Å²) in [5, 5.41) is 0. The highest BCUT2D eigenvalue weighted by atomic mass is 16.5. The maximum absolute atomic E-state index is 13.1. The normalized spacial score (nSPS) is 13.8. The van der Waals surface area contributed by atoms with Crippen LogP contribution in [0.3, 0.4) is 0 Å². The molecule has 27 heavy (non-hydrogen) atoms. The van der Waals surface area contributed by atoms with Crippen molar-refractivity contribution in [2.75, 3.05) is 20.2 Å². The van der Waals surface area contributed by atoms with E-state index in [-0.39, 0.29) is 5.91 Å². The molecule has 1 aliphatic rings. The third-order valence-corrected chi connectivity index (χ3v) is 5.27. The lowest BCUT2D eigenvalue weighted by atomic mass is 10.1. The Labute approximate surface area is 160 Å². The molecule has 1 saturated heterocycles. The first kappa shape index (κ1) is 17.4. The molecule has 2 heterocycles. The van der Waals surface area contributed by atoms with Gasteiger partial charge in [0, 0.05) is 18.8 Å². The number of carbonyl (C=O) groups excluding carboxylic acids is 1. The van der Waals surface area contributed by atoms with Gasteiger partial charge in [-0.25, -0.2) is 0 Å². The summed E-state index contributed by atoms with van der Waals surface area (Å²) < 4.78 is 7.74. The number of likely N-dealkylation sites (tertiary alicyclic amines) is 1. The van der Waals surface area contributed by atoms with Crippen LogP contribution in [0.15, 0.2) is 60.7 Å². The van der Waals surface area contributed by atoms with E-state index in [2.05, 4.69) is 16.7 Å². The summed E-state index contributed by atoms with van der Waals surface area (Å²) in [7, 11) is 1.68. The van der Waals surface area contributed by atoms with Gasteiger partial charge in [-0.3, -0.25) is 4.79 Å². The van der Waals surface area contributed by atoms with Crippen LogP contribution in [0, 0.1) is 6.92 Å². The van der Waals surface area contributed by atoms with Crippen LogP contribution in [-0.2, 0) is 0 Å². The standard InChI is InChI=1S/C23H24N2O2/c1-17-19(23(26)24-14-8-9-15-24)16-21(18-10-4-3-5-11-18)25(17)20-12-6-7-13-22(20)27-2/h3-7,10-13,16H,8-9,14-15H2,1-2H3. The average molecular weight is 360 g/mol. The highest BCUT2D eigenvalue weighted by Gasteiger charge is 2.26. The molecule has 1 aromatic heterocycles. The Bertz CT molecular complexity index is 954. The monoisotopic (exact) mass is 360 g/mol. The van der Waals surface area contributed by atoms with Gasteiger partial charge in [0.2, 0.25) is 0 Å². The van der Waals surface area contributed by atoms with E-state index in [0.717, 1.165) is 59.9 Å². The SMILES string of the molecule is COc1ccccc1-n1c(-c2ccccc2)cc(C(=O)N2CCCC2)c1C. The minimum atomic E-state index is 0.121. The first-order valence-electron chi connectivity index (χ1n) is 9.41. The topological polar surface area (TPSA) is 34.5 Å². The predicted octanol–water partition coefficient (Wildman–Crippen LogP) is 4.70. The zero-order chi connectivity index (χ0) is 18.8. The first-order valence-corrected chi connectivity index (χ1v) is 9.41. The predicted molar refractivity (Wildman–Crippen MR) is 108 cm³/mol. The molecule has 0 aliphatic carbocycles. The van der Waals surface area contributed by atoms with Crippen molar-refractivity contribution in [3.63, 3.8) is 0 Å². The van der Waals surface area contributed by atoms with E-state index in [4.69, 9.17) is 4.74 Å². The van der Waals surface area contributed by atoms with Crippen LogP contribution in [0.25, 0.3) is 16.9 Å². The third-order valence-electron chi connectivity index (χ3n) is 5.27. The van der Waals surface area contributed by atoms with Gasteiger partial charge >= 0.3 is 0 Å². The second-order valence-electron chi connectivity index (χ2n) is 6.90. The van der Waals surface area contributed by atoms with Gasteiger partial charge in [-0.05, 0) is 43.5 Å². The third kappa shape index (κ3) is 3.12. The second kappa shape index (κ2) is 7.31. The van der Waals surface area contributed by atoms with Gasteiger partial charge in [0.25, 0.3) is 5.91 Å². The number of benzene rings is 2. The number of methoxy groups -OCH3 is 1. The smallest absolute Gasteiger partial charge is 0.255 e. The average Bonchev–Trinajstić information content (AvgIpc) is 3.36. The molecule has 0 atom stereocenters. The highest BCUT2D eigenvalue weighted by Crippen LogP contribution is 2.34. The Morgan fingerprint density at radius 2 is 1.63 bits per heavy atom. The Morgan fingerprint density at radius 1 is 0.963 bits per heavy atom. The van der Waals surface area contributed by atoms with Crippen LogP contribution in [0.4, 0.5) is 0 Å². The van der Waals surface area contributed by atoms with Gasteiger partial charge in [0.15, 0.2) is 0 Å². The summed E-state index contributed by atoms with van der Waals surface area (Å²) in [5.41, 5.74) is 4.72. The molecule has 1 aliphatic heterocycles. The lowest BCUT2D eigenvalue weighted by molar-refractivity contribution is 0.0792. The van der Waals surface area contributed by atoms with Crippen LogP contribution in [0.2, 0.25) is 0 Å². The number of hydrogen-bond acceptors (Lipinski definition) is 2. The van der Waals surface area contributed by atoms with E-state index >= 15 is 0 Å². The lowest BCUT2D eigenvalue weighted by Crippen LogP contribution is -2.27. The van der Waals surface area contributed by atoms with Crippen molar-refractivity contribution in [2.45, 2.75) is 19.8 Å². The summed E-state index contributed by atoms with van der Waals surface area (Å²) in [5.74, 6) is 0.907. The summed E-state index contributed by atoms with van der Waals surface area (Å²) in [6.07, 6.45) is 2.17. The van der Waals surface area contributed by atoms with Gasteiger partial charge in [0.1, 0.15) is 5.75 Å². The molecule has 0 unspecified atom stereocenters. The molecule has 0 radical (unpaired) electrons. The van der Waals surface area contributed by atoms with E-state index in [1.807, 2.05) is 60.4 Å². The Morgan fingerprint density at radius 3 is 2.33 bits per heavy atom. The molecule has 4 heteroatoms. The quantitative estimate of drug-likeness (QED) is 0.676. The van der Waals surface area contributed by atoms with E-state index in [9.17, 15) is 4.79 Å². The lowest BCUT2D eigenvalue weighted by Gasteiger charge is -2.17. The van der Waals surface area contributed by atoms with Gasteiger partial charge in [-0.15, -0.1) is 0 Å². The van der Waals surface area contributed by atoms with Crippen LogP contribution in [-0.4, -0.2) is 35.6 Å². The highest BCUT2D eigenvalue weighted by molar-refractivity contribution is 5.97. The molecule has 1 fully saturated rings. The minimum Gasteiger partial charge on any atom is -0.495 e. The van der Waals surface area contributed by atoms with Gasteiger partial charge in [-0.1, -0.05) is 42.5 Å². The summed E-state index contributed by atoms with van der Waals surface area (Å²) in [6, 6.07) is 20.1. The van der Waals surface area contributed by atoms with Crippen molar-refractivity contribution in [3.05, 3.63) is 71.9 Å². The molecule has 0 N–H and O–H groups in total. The molecular weight excluding hydrogens is 336 g/mol. The van der Waals surface area contributed by atoms with Crippen molar-refractivity contribution in [2.24, 2.45) is 0 Å². The molecule has 0 bridgehead atoms. The molecule has 2 aromatic carbocycles. The Kier molecular flexibility index (Phi) is 4.71. The molecule has 4 rings (SSSR count). The van der Waals surface area contributed by atoms with Crippen LogP contribution in [0.1, 0.15) is 28.9 Å². The van der Waals surface area contributed by atoms with Crippen molar-refractivity contribution in [1.82, 2.24) is 9.47 Å². The first-order chi connectivity index (χ1) is 13.2. The number of ether oxygens (including phenoxy) is 1. The molecule has 0 spiro atoms. The van der Waals surface area contributed by atoms with Crippen molar-refractivity contribution >= 4 is 5.91 Å². The molecule has 0 saturated carbocycles. The fourth-order valence-electron chi connectivity index (χ4n) is 3.86. The number of hydrogen-bond donors (Lipinski definition) is 0. The number of carbonyl (C=O) groups is 1. The zero-order valence-corrected chi connectivity index (χ0v) is 15.8. The van der Waals surface area contributed by atoms with Crippen LogP contribution >= 0.6 is 0 Å². The van der Waals surface area contributed by atoms with Crippen molar-refractivity contribution in [1.29, 1.82) is 0 Å². The van der Waals surface area contributed by atoms with E-state index in [1.54, 1.807) is 7.11 Å². The fourth-order valence-corrected chi connectivity index (χ4v) is 3.86. The fraction of sp³-hybridized carbons (Fsp3) is 0.261.